The molecule has 0 fully saturated rings. The molecular formula is C23H20N2O4S. The van der Waals surface area contributed by atoms with Crippen LogP contribution in [0, 0.1) is 6.92 Å². The zero-order chi connectivity index (χ0) is 21.1. The monoisotopic (exact) mass is 420 g/mol. The highest BCUT2D eigenvalue weighted by Gasteiger charge is 2.15. The van der Waals surface area contributed by atoms with Gasteiger partial charge in [-0.3, -0.25) is 9.36 Å². The summed E-state index contributed by atoms with van der Waals surface area (Å²) in [6.07, 6.45) is 1.58. The van der Waals surface area contributed by atoms with Gasteiger partial charge in [-0.05, 0) is 42.8 Å². The number of aromatic nitrogens is 2. The highest BCUT2D eigenvalue weighted by Crippen LogP contribution is 2.24. The zero-order valence-corrected chi connectivity index (χ0v) is 17.4. The van der Waals surface area contributed by atoms with Gasteiger partial charge in [0.15, 0.2) is 5.16 Å². The first kappa shape index (κ1) is 20.0. The maximum Gasteiger partial charge on any atom is 0.337 e. The highest BCUT2D eigenvalue weighted by atomic mass is 32.2. The largest absolute Gasteiger partial charge is 0.467 e. The van der Waals surface area contributed by atoms with Crippen molar-refractivity contribution in [1.82, 2.24) is 9.55 Å². The van der Waals surface area contributed by atoms with Gasteiger partial charge < -0.3 is 9.15 Å². The molecule has 0 radical (unpaired) electrons. The predicted octanol–water partition coefficient (Wildman–Crippen LogP) is 4.43. The van der Waals surface area contributed by atoms with E-state index in [1.165, 1.54) is 24.4 Å². The predicted molar refractivity (Wildman–Crippen MR) is 116 cm³/mol. The molecule has 0 N–H and O–H groups in total. The molecule has 0 aliphatic heterocycles. The average molecular weight is 420 g/mol. The number of furan rings is 1. The molecular weight excluding hydrogens is 400 g/mol. The molecule has 0 amide bonds. The topological polar surface area (TPSA) is 74.3 Å². The first-order valence-corrected chi connectivity index (χ1v) is 10.4. The van der Waals surface area contributed by atoms with Crippen LogP contribution in [0.1, 0.15) is 27.2 Å². The Morgan fingerprint density at radius 3 is 2.77 bits per heavy atom. The van der Waals surface area contributed by atoms with E-state index in [2.05, 4.69) is 6.07 Å². The molecule has 0 unspecified atom stereocenters. The number of carbonyl (C=O) groups is 1. The molecule has 7 heteroatoms. The number of hydrogen-bond donors (Lipinski definition) is 0. The van der Waals surface area contributed by atoms with Crippen LogP contribution >= 0.6 is 11.8 Å². The second-order valence-electron chi connectivity index (χ2n) is 6.87. The number of fused-ring (bicyclic) bond motifs is 1. The minimum Gasteiger partial charge on any atom is -0.467 e. The van der Waals surface area contributed by atoms with Crippen LogP contribution in [0.2, 0.25) is 0 Å². The summed E-state index contributed by atoms with van der Waals surface area (Å²) in [7, 11) is 1.32. The smallest absolute Gasteiger partial charge is 0.337 e. The van der Waals surface area contributed by atoms with Gasteiger partial charge in [0, 0.05) is 5.75 Å². The molecule has 0 saturated heterocycles. The van der Waals surface area contributed by atoms with Gasteiger partial charge in [-0.25, -0.2) is 9.78 Å². The number of rotatable bonds is 6. The second-order valence-corrected chi connectivity index (χ2v) is 7.81. The molecule has 4 aromatic rings. The lowest BCUT2D eigenvalue weighted by atomic mass is 10.1. The highest BCUT2D eigenvalue weighted by molar-refractivity contribution is 7.98. The van der Waals surface area contributed by atoms with Crippen molar-refractivity contribution in [1.29, 1.82) is 0 Å². The van der Waals surface area contributed by atoms with Crippen LogP contribution in [0.25, 0.3) is 10.9 Å². The maximum absolute atomic E-state index is 13.2. The number of ether oxygens (including phenoxy) is 1. The normalized spacial score (nSPS) is 11.0. The van der Waals surface area contributed by atoms with Gasteiger partial charge in [0.25, 0.3) is 5.56 Å². The molecule has 0 aliphatic carbocycles. The van der Waals surface area contributed by atoms with Gasteiger partial charge in [0.2, 0.25) is 0 Å². The molecule has 2 aromatic heterocycles. The maximum atomic E-state index is 13.2. The number of nitrogens with zero attached hydrogens (tertiary/aromatic N) is 2. The molecule has 0 spiro atoms. The Hall–Kier alpha value is -3.32. The van der Waals surface area contributed by atoms with Crippen LogP contribution < -0.4 is 5.56 Å². The fourth-order valence-electron chi connectivity index (χ4n) is 3.20. The summed E-state index contributed by atoms with van der Waals surface area (Å²) in [5.41, 5.74) is 2.96. The SMILES string of the molecule is COC(=O)c1ccc2c(=O)n(Cc3ccco3)c(SCc3cccc(C)c3)nc2c1. The minimum absolute atomic E-state index is 0.181. The van der Waals surface area contributed by atoms with Gasteiger partial charge in [0.1, 0.15) is 5.76 Å². The Morgan fingerprint density at radius 2 is 2.03 bits per heavy atom. The van der Waals surface area contributed by atoms with Crippen LogP contribution in [0.15, 0.2) is 75.2 Å². The lowest BCUT2D eigenvalue weighted by molar-refractivity contribution is 0.0601. The molecule has 152 valence electrons. The first-order valence-electron chi connectivity index (χ1n) is 9.39. The lowest BCUT2D eigenvalue weighted by Crippen LogP contribution is -2.24. The molecule has 0 atom stereocenters. The molecule has 0 saturated carbocycles. The third kappa shape index (κ3) is 4.16. The van der Waals surface area contributed by atoms with Crippen LogP contribution in [0.4, 0.5) is 0 Å². The molecule has 6 nitrogen and oxygen atoms in total. The fraction of sp³-hybridized carbons (Fsp3) is 0.174. The Balaban J connectivity index is 1.78. The molecule has 4 rings (SSSR count). The molecule has 0 bridgehead atoms. The van der Waals surface area contributed by atoms with Gasteiger partial charge in [-0.1, -0.05) is 41.6 Å². The van der Waals surface area contributed by atoms with Gasteiger partial charge in [-0.2, -0.15) is 0 Å². The van der Waals surface area contributed by atoms with E-state index in [-0.39, 0.29) is 12.1 Å². The number of methoxy groups -OCH3 is 1. The van der Waals surface area contributed by atoms with E-state index in [1.807, 2.05) is 31.2 Å². The van der Waals surface area contributed by atoms with Crippen molar-refractivity contribution in [2.75, 3.05) is 7.11 Å². The molecule has 30 heavy (non-hydrogen) atoms. The Morgan fingerprint density at radius 1 is 1.17 bits per heavy atom. The number of hydrogen-bond acceptors (Lipinski definition) is 6. The third-order valence-corrected chi connectivity index (χ3v) is 5.73. The Kier molecular flexibility index (Phi) is 5.72. The minimum atomic E-state index is -0.465. The molecule has 2 aromatic carbocycles. The second kappa shape index (κ2) is 8.59. The van der Waals surface area contributed by atoms with Crippen molar-refractivity contribution in [2.24, 2.45) is 0 Å². The van der Waals surface area contributed by atoms with E-state index >= 15 is 0 Å². The molecule has 2 heterocycles. The zero-order valence-electron chi connectivity index (χ0n) is 16.6. The fourth-order valence-corrected chi connectivity index (χ4v) is 4.14. The average Bonchev–Trinajstić information content (AvgIpc) is 3.27. The summed E-state index contributed by atoms with van der Waals surface area (Å²) < 4.78 is 11.8. The van der Waals surface area contributed by atoms with Crippen molar-refractivity contribution in [2.45, 2.75) is 24.4 Å². The Labute approximate surface area is 177 Å². The van der Waals surface area contributed by atoms with E-state index in [9.17, 15) is 9.59 Å². The number of thioether (sulfide) groups is 1. The summed E-state index contributed by atoms with van der Waals surface area (Å²) in [4.78, 5) is 29.8. The van der Waals surface area contributed by atoms with Gasteiger partial charge >= 0.3 is 5.97 Å². The van der Waals surface area contributed by atoms with Gasteiger partial charge in [0.05, 0.1) is 36.4 Å². The first-order chi connectivity index (χ1) is 14.5. The number of esters is 1. The van der Waals surface area contributed by atoms with Crippen molar-refractivity contribution in [3.63, 3.8) is 0 Å². The van der Waals surface area contributed by atoms with Crippen molar-refractivity contribution in [3.05, 3.63) is 93.7 Å². The summed E-state index contributed by atoms with van der Waals surface area (Å²) in [6.45, 7) is 2.33. The van der Waals surface area contributed by atoms with Gasteiger partial charge in [-0.15, -0.1) is 0 Å². The van der Waals surface area contributed by atoms with E-state index in [0.717, 1.165) is 5.56 Å². The van der Waals surface area contributed by atoms with Crippen molar-refractivity contribution < 1.29 is 13.9 Å². The van der Waals surface area contributed by atoms with E-state index in [0.29, 0.717) is 33.1 Å². The van der Waals surface area contributed by atoms with Crippen LogP contribution in [-0.2, 0) is 17.0 Å². The number of benzene rings is 2. The number of carbonyl (C=O) groups excluding carboxylic acids is 1. The summed E-state index contributed by atoms with van der Waals surface area (Å²) >= 11 is 1.47. The molecule has 0 aliphatic rings. The third-order valence-electron chi connectivity index (χ3n) is 4.69. The van der Waals surface area contributed by atoms with Crippen molar-refractivity contribution >= 4 is 28.6 Å². The number of aryl methyl sites for hydroxylation is 1. The van der Waals surface area contributed by atoms with E-state index < -0.39 is 5.97 Å². The Bertz CT molecular complexity index is 1260. The summed E-state index contributed by atoms with van der Waals surface area (Å²) in [5.74, 6) is 0.864. The van der Waals surface area contributed by atoms with Crippen LogP contribution in [-0.4, -0.2) is 22.6 Å². The quantitative estimate of drug-likeness (QED) is 0.261. The van der Waals surface area contributed by atoms with Crippen LogP contribution in [0.3, 0.4) is 0 Å². The van der Waals surface area contributed by atoms with Crippen LogP contribution in [0.5, 0.6) is 0 Å². The summed E-state index contributed by atoms with van der Waals surface area (Å²) in [6, 6.07) is 16.6. The summed E-state index contributed by atoms with van der Waals surface area (Å²) in [5, 5.41) is 1.00. The standard InChI is InChI=1S/C23H20N2O4S/c1-15-5-3-6-16(11-15)14-30-23-24-20-12-17(22(27)28-2)8-9-19(20)21(26)25(23)13-18-7-4-10-29-18/h3-12H,13-14H2,1-2H3. The lowest BCUT2D eigenvalue weighted by Gasteiger charge is -2.13. The van der Waals surface area contributed by atoms with E-state index in [4.69, 9.17) is 14.1 Å². The van der Waals surface area contributed by atoms with Crippen molar-refractivity contribution in [3.8, 4) is 0 Å². The van der Waals surface area contributed by atoms with E-state index in [1.54, 1.807) is 35.1 Å².